The molecule has 0 aliphatic rings. The molecule has 0 atom stereocenters. The quantitative estimate of drug-likeness (QED) is 0.356. The van der Waals surface area contributed by atoms with E-state index in [2.05, 4.69) is 35.4 Å². The minimum atomic E-state index is -0.570. The Morgan fingerprint density at radius 2 is 2.29 bits per heavy atom. The Labute approximate surface area is 143 Å². The highest BCUT2D eigenvalue weighted by molar-refractivity contribution is 7.13. The third-order valence-electron chi connectivity index (χ3n) is 2.80. The number of benzene rings is 1. The van der Waals surface area contributed by atoms with Crippen molar-refractivity contribution >= 4 is 39.6 Å². The summed E-state index contributed by atoms with van der Waals surface area (Å²) in [6, 6.07) is 3.86. The molecule has 0 aliphatic heterocycles. The molecule has 9 nitrogen and oxygen atoms in total. The molecule has 2 heterocycles. The van der Waals surface area contributed by atoms with E-state index in [1.165, 1.54) is 23.5 Å². The van der Waals surface area contributed by atoms with Gasteiger partial charge in [-0.1, -0.05) is 28.1 Å². The van der Waals surface area contributed by atoms with Crippen LogP contribution in [0.25, 0.3) is 0 Å². The first kappa shape index (κ1) is 16.2. The molecular formula is C12H9ClFN7O2S. The Morgan fingerprint density at radius 3 is 3.00 bits per heavy atom. The molecule has 3 N–H and O–H groups in total. The molecule has 0 saturated carbocycles. The number of aliphatic imine (C=N–C) groups is 1. The summed E-state index contributed by atoms with van der Waals surface area (Å²) in [4.78, 5) is 4.12. The van der Waals surface area contributed by atoms with Crippen molar-refractivity contribution in [2.45, 2.75) is 6.54 Å². The number of aromatic nitrogens is 4. The first-order valence-electron chi connectivity index (χ1n) is 6.43. The summed E-state index contributed by atoms with van der Waals surface area (Å²) >= 11 is 7.02. The lowest BCUT2D eigenvalue weighted by Gasteiger charge is -2.04. The smallest absolute Gasteiger partial charge is 0.205 e. The molecule has 0 bridgehead atoms. The van der Waals surface area contributed by atoms with Gasteiger partial charge in [0, 0.05) is 0 Å². The van der Waals surface area contributed by atoms with Gasteiger partial charge in [-0.2, -0.15) is 0 Å². The lowest BCUT2D eigenvalue weighted by molar-refractivity contribution is 0.234. The first-order chi connectivity index (χ1) is 11.7. The number of hydroxylamine groups is 1. The molecule has 0 unspecified atom stereocenters. The standard InChI is InChI=1S/C12H9ClFN7O2S/c13-7-3-6(1-2-8(7)14)17-11(19-22)10-9(20-23-21-10)4-15-12-18-16-5-24-12/h1-3,5,22H,4H2,(H,15,18)(H,17,19). The van der Waals surface area contributed by atoms with Gasteiger partial charge < -0.3 is 5.32 Å². The number of rotatable bonds is 5. The second kappa shape index (κ2) is 7.29. The highest BCUT2D eigenvalue weighted by Gasteiger charge is 2.17. The molecule has 2 aromatic heterocycles. The third-order valence-corrected chi connectivity index (χ3v) is 3.74. The zero-order valence-corrected chi connectivity index (χ0v) is 13.3. The predicted molar refractivity (Wildman–Crippen MR) is 84.1 cm³/mol. The van der Waals surface area contributed by atoms with E-state index in [9.17, 15) is 9.60 Å². The SMILES string of the molecule is ONC(=Nc1ccc(F)c(Cl)c1)c1nonc1CNc1nncs1. The van der Waals surface area contributed by atoms with Crippen molar-refractivity contribution in [3.05, 3.63) is 45.9 Å². The average molecular weight is 370 g/mol. The summed E-state index contributed by atoms with van der Waals surface area (Å²) in [5, 5.41) is 27.8. The zero-order valence-electron chi connectivity index (χ0n) is 11.8. The fourth-order valence-electron chi connectivity index (χ4n) is 1.73. The van der Waals surface area contributed by atoms with E-state index in [0.717, 1.165) is 6.07 Å². The van der Waals surface area contributed by atoms with Crippen molar-refractivity contribution < 1.29 is 14.2 Å². The summed E-state index contributed by atoms with van der Waals surface area (Å²) in [5.41, 5.74) is 4.35. The van der Waals surface area contributed by atoms with E-state index in [0.29, 0.717) is 16.5 Å². The van der Waals surface area contributed by atoms with Crippen molar-refractivity contribution in [1.29, 1.82) is 0 Å². The molecule has 24 heavy (non-hydrogen) atoms. The molecule has 0 radical (unpaired) electrons. The Morgan fingerprint density at radius 1 is 1.42 bits per heavy atom. The second-order valence-corrected chi connectivity index (χ2v) is 5.57. The van der Waals surface area contributed by atoms with Crippen LogP contribution in [0, 0.1) is 5.82 Å². The van der Waals surface area contributed by atoms with Gasteiger partial charge in [0.2, 0.25) is 5.13 Å². The van der Waals surface area contributed by atoms with Crippen molar-refractivity contribution in [1.82, 2.24) is 26.0 Å². The van der Waals surface area contributed by atoms with Crippen molar-refractivity contribution in [3.8, 4) is 0 Å². The zero-order chi connectivity index (χ0) is 16.9. The molecule has 0 spiro atoms. The minimum absolute atomic E-state index is 0.0343. The molecule has 3 aromatic rings. The lowest BCUT2D eigenvalue weighted by Crippen LogP contribution is -2.22. The third kappa shape index (κ3) is 3.64. The van der Waals surface area contributed by atoms with Crippen LogP contribution in [0.3, 0.4) is 0 Å². The number of halogens is 2. The van der Waals surface area contributed by atoms with Gasteiger partial charge in [-0.15, -0.1) is 10.2 Å². The van der Waals surface area contributed by atoms with E-state index in [1.54, 1.807) is 5.51 Å². The van der Waals surface area contributed by atoms with E-state index in [4.69, 9.17) is 11.6 Å². The summed E-state index contributed by atoms with van der Waals surface area (Å²) < 4.78 is 17.9. The summed E-state index contributed by atoms with van der Waals surface area (Å²) in [5.74, 6) is -0.604. The molecule has 124 valence electrons. The average Bonchev–Trinajstić information content (AvgIpc) is 3.25. The van der Waals surface area contributed by atoms with Crippen LogP contribution in [0.4, 0.5) is 15.2 Å². The molecule has 0 fully saturated rings. The van der Waals surface area contributed by atoms with Crippen LogP contribution >= 0.6 is 22.9 Å². The van der Waals surface area contributed by atoms with Crippen molar-refractivity contribution in [3.63, 3.8) is 0 Å². The van der Waals surface area contributed by atoms with Crippen LogP contribution in [0.5, 0.6) is 0 Å². The maximum Gasteiger partial charge on any atom is 0.205 e. The second-order valence-electron chi connectivity index (χ2n) is 4.33. The van der Waals surface area contributed by atoms with Crippen LogP contribution in [-0.4, -0.2) is 31.6 Å². The number of anilines is 1. The molecule has 3 rings (SSSR count). The fraction of sp³-hybridized carbons (Fsp3) is 0.0833. The Bertz CT molecular complexity index is 855. The highest BCUT2D eigenvalue weighted by atomic mass is 35.5. The van der Waals surface area contributed by atoms with Gasteiger partial charge in [0.25, 0.3) is 0 Å². The van der Waals surface area contributed by atoms with E-state index >= 15 is 0 Å². The first-order valence-corrected chi connectivity index (χ1v) is 7.69. The normalized spacial score (nSPS) is 11.5. The summed E-state index contributed by atoms with van der Waals surface area (Å²) in [6.45, 7) is 0.221. The van der Waals surface area contributed by atoms with Crippen LogP contribution < -0.4 is 10.8 Å². The lowest BCUT2D eigenvalue weighted by atomic mass is 10.2. The summed E-state index contributed by atoms with van der Waals surface area (Å²) in [7, 11) is 0. The molecule has 1 aromatic carbocycles. The van der Waals surface area contributed by atoms with Crippen LogP contribution in [0.2, 0.25) is 5.02 Å². The van der Waals surface area contributed by atoms with E-state index in [-0.39, 0.29) is 23.1 Å². The maximum atomic E-state index is 13.2. The topological polar surface area (TPSA) is 121 Å². The van der Waals surface area contributed by atoms with Crippen LogP contribution in [0.1, 0.15) is 11.4 Å². The fourth-order valence-corrected chi connectivity index (χ4v) is 2.35. The van der Waals surface area contributed by atoms with Gasteiger partial charge in [-0.25, -0.2) is 14.0 Å². The minimum Gasteiger partial charge on any atom is -0.354 e. The number of hydrogen-bond acceptors (Lipinski definition) is 9. The Kier molecular flexibility index (Phi) is 4.93. The monoisotopic (exact) mass is 369 g/mol. The van der Waals surface area contributed by atoms with Gasteiger partial charge in [0.1, 0.15) is 17.0 Å². The van der Waals surface area contributed by atoms with Gasteiger partial charge in [-0.05, 0) is 23.4 Å². The molecule has 0 amide bonds. The van der Waals surface area contributed by atoms with E-state index in [1.807, 2.05) is 5.48 Å². The molecule has 0 saturated heterocycles. The number of hydrogen-bond donors (Lipinski definition) is 3. The largest absolute Gasteiger partial charge is 0.354 e. The van der Waals surface area contributed by atoms with Crippen molar-refractivity contribution in [2.75, 3.05) is 5.32 Å². The van der Waals surface area contributed by atoms with Gasteiger partial charge in [-0.3, -0.25) is 10.7 Å². The molecular weight excluding hydrogens is 361 g/mol. The highest BCUT2D eigenvalue weighted by Crippen LogP contribution is 2.22. The van der Waals surface area contributed by atoms with E-state index < -0.39 is 5.82 Å². The van der Waals surface area contributed by atoms with Crippen LogP contribution in [0.15, 0.2) is 33.3 Å². The summed E-state index contributed by atoms with van der Waals surface area (Å²) in [6.07, 6.45) is 0. The Hall–Kier alpha value is -2.63. The van der Waals surface area contributed by atoms with Crippen LogP contribution in [-0.2, 0) is 6.54 Å². The van der Waals surface area contributed by atoms with Crippen molar-refractivity contribution in [2.24, 2.45) is 4.99 Å². The number of nitrogens with one attached hydrogen (secondary N) is 2. The maximum absolute atomic E-state index is 13.2. The Balaban J connectivity index is 1.84. The van der Waals surface area contributed by atoms with Gasteiger partial charge in [0.15, 0.2) is 11.5 Å². The molecule has 0 aliphatic carbocycles. The predicted octanol–water partition coefficient (Wildman–Crippen LogP) is 2.38. The number of amidine groups is 1. The number of nitrogens with zero attached hydrogens (tertiary/aromatic N) is 5. The van der Waals surface area contributed by atoms with Gasteiger partial charge in [0.05, 0.1) is 17.3 Å². The molecule has 12 heteroatoms. The van der Waals surface area contributed by atoms with Gasteiger partial charge >= 0.3 is 0 Å².